The van der Waals surface area contributed by atoms with E-state index in [4.69, 9.17) is 5.73 Å². The number of nitrogens with two attached hydrogens (primary N) is 1. The molecule has 0 saturated heterocycles. The maximum absolute atomic E-state index is 12.1. The summed E-state index contributed by atoms with van der Waals surface area (Å²) >= 11 is 0. The summed E-state index contributed by atoms with van der Waals surface area (Å²) in [5.74, 6) is 0. The van der Waals surface area contributed by atoms with Crippen molar-refractivity contribution in [3.63, 3.8) is 0 Å². The quantitative estimate of drug-likeness (QED) is 0.715. The van der Waals surface area contributed by atoms with Crippen LogP contribution in [0.4, 0.5) is 5.69 Å². The second kappa shape index (κ2) is 2.86. The average molecular weight is 200 g/mol. The maximum Gasteiger partial charge on any atom is 0.258 e. The molecule has 2 aromatic rings. The van der Waals surface area contributed by atoms with Crippen LogP contribution in [0.3, 0.4) is 0 Å². The van der Waals surface area contributed by atoms with Gasteiger partial charge in [0, 0.05) is 28.7 Å². The third-order valence-corrected chi connectivity index (χ3v) is 2.95. The number of hydrogen-bond acceptors (Lipinski definition) is 2. The standard InChI is InChI=1S/C12H12N2O/c13-11-3-1-2-10-9(11)6-7-14(12(10)15)8-4-5-8/h1-3,6-8H,4-5,13H2. The topological polar surface area (TPSA) is 48.0 Å². The molecule has 0 spiro atoms. The summed E-state index contributed by atoms with van der Waals surface area (Å²) in [5.41, 5.74) is 6.58. The largest absolute Gasteiger partial charge is 0.398 e. The van der Waals surface area contributed by atoms with Crippen molar-refractivity contribution in [1.82, 2.24) is 4.57 Å². The predicted molar refractivity (Wildman–Crippen MR) is 60.9 cm³/mol. The number of nitrogens with zero attached hydrogens (tertiary/aromatic N) is 1. The molecular weight excluding hydrogens is 188 g/mol. The zero-order chi connectivity index (χ0) is 10.4. The third kappa shape index (κ3) is 1.23. The molecule has 1 saturated carbocycles. The van der Waals surface area contributed by atoms with Crippen LogP contribution in [0.5, 0.6) is 0 Å². The molecule has 1 aliphatic rings. The maximum atomic E-state index is 12.1. The van der Waals surface area contributed by atoms with Crippen molar-refractivity contribution in [2.75, 3.05) is 5.73 Å². The fourth-order valence-corrected chi connectivity index (χ4v) is 1.96. The van der Waals surface area contributed by atoms with Gasteiger partial charge in [0.1, 0.15) is 0 Å². The Morgan fingerprint density at radius 1 is 1.20 bits per heavy atom. The summed E-state index contributed by atoms with van der Waals surface area (Å²) < 4.78 is 1.82. The first-order valence-corrected chi connectivity index (χ1v) is 5.17. The Hall–Kier alpha value is -1.77. The van der Waals surface area contributed by atoms with E-state index in [1.807, 2.05) is 35.0 Å². The molecule has 1 aromatic heterocycles. The van der Waals surface area contributed by atoms with Crippen molar-refractivity contribution in [3.8, 4) is 0 Å². The SMILES string of the molecule is Nc1cccc2c(=O)n(C3CC3)ccc12. The van der Waals surface area contributed by atoms with E-state index in [2.05, 4.69) is 0 Å². The Kier molecular flexibility index (Phi) is 1.63. The molecular formula is C12H12N2O. The Bertz CT molecular complexity index is 582. The number of nitrogen functional groups attached to an aromatic ring is 1. The van der Waals surface area contributed by atoms with E-state index in [1.54, 1.807) is 0 Å². The molecule has 0 unspecified atom stereocenters. The predicted octanol–water partition coefficient (Wildman–Crippen LogP) is 1.92. The van der Waals surface area contributed by atoms with Crippen LogP contribution < -0.4 is 11.3 Å². The fraction of sp³-hybridized carbons (Fsp3) is 0.250. The van der Waals surface area contributed by atoms with E-state index < -0.39 is 0 Å². The van der Waals surface area contributed by atoms with E-state index in [0.717, 1.165) is 23.6 Å². The van der Waals surface area contributed by atoms with Gasteiger partial charge in [0.2, 0.25) is 0 Å². The molecule has 15 heavy (non-hydrogen) atoms. The zero-order valence-corrected chi connectivity index (χ0v) is 8.31. The third-order valence-electron chi connectivity index (χ3n) is 2.95. The number of rotatable bonds is 1. The first-order chi connectivity index (χ1) is 7.27. The molecule has 3 nitrogen and oxygen atoms in total. The molecule has 76 valence electrons. The number of fused-ring (bicyclic) bond motifs is 1. The monoisotopic (exact) mass is 200 g/mol. The van der Waals surface area contributed by atoms with Gasteiger partial charge in [-0.3, -0.25) is 4.79 Å². The van der Waals surface area contributed by atoms with Crippen molar-refractivity contribution < 1.29 is 0 Å². The van der Waals surface area contributed by atoms with Gasteiger partial charge in [0.05, 0.1) is 0 Å². The summed E-state index contributed by atoms with van der Waals surface area (Å²) in [7, 11) is 0. The summed E-state index contributed by atoms with van der Waals surface area (Å²) in [4.78, 5) is 12.1. The number of hydrogen-bond donors (Lipinski definition) is 1. The lowest BCUT2D eigenvalue weighted by molar-refractivity contribution is 0.714. The van der Waals surface area contributed by atoms with E-state index in [-0.39, 0.29) is 5.56 Å². The lowest BCUT2D eigenvalue weighted by Crippen LogP contribution is -2.18. The van der Waals surface area contributed by atoms with Crippen LogP contribution in [0.15, 0.2) is 35.3 Å². The van der Waals surface area contributed by atoms with Gasteiger partial charge in [-0.2, -0.15) is 0 Å². The highest BCUT2D eigenvalue weighted by molar-refractivity contribution is 5.91. The Balaban J connectivity index is 2.37. The van der Waals surface area contributed by atoms with Gasteiger partial charge in [-0.25, -0.2) is 0 Å². The lowest BCUT2D eigenvalue weighted by Gasteiger charge is -2.06. The molecule has 3 rings (SSSR count). The van der Waals surface area contributed by atoms with Crippen LogP contribution in [-0.4, -0.2) is 4.57 Å². The van der Waals surface area contributed by atoms with E-state index in [0.29, 0.717) is 11.7 Å². The molecule has 3 heteroatoms. The van der Waals surface area contributed by atoms with Gasteiger partial charge >= 0.3 is 0 Å². The first-order valence-electron chi connectivity index (χ1n) is 5.17. The van der Waals surface area contributed by atoms with Crippen molar-refractivity contribution >= 4 is 16.5 Å². The minimum absolute atomic E-state index is 0.0855. The molecule has 1 aliphatic carbocycles. The normalized spacial score (nSPS) is 15.7. The van der Waals surface area contributed by atoms with Gasteiger partial charge in [-0.05, 0) is 31.0 Å². The number of aromatic nitrogens is 1. The van der Waals surface area contributed by atoms with Crippen molar-refractivity contribution in [2.24, 2.45) is 0 Å². The van der Waals surface area contributed by atoms with Crippen LogP contribution in [0.2, 0.25) is 0 Å². The fourth-order valence-electron chi connectivity index (χ4n) is 1.96. The molecule has 1 heterocycles. The van der Waals surface area contributed by atoms with Crippen LogP contribution in [0.1, 0.15) is 18.9 Å². The van der Waals surface area contributed by atoms with Gasteiger partial charge in [0.15, 0.2) is 0 Å². The molecule has 0 bridgehead atoms. The van der Waals surface area contributed by atoms with Gasteiger partial charge in [-0.15, -0.1) is 0 Å². The van der Waals surface area contributed by atoms with Crippen LogP contribution >= 0.6 is 0 Å². The number of pyridine rings is 1. The highest BCUT2D eigenvalue weighted by atomic mass is 16.1. The van der Waals surface area contributed by atoms with E-state index >= 15 is 0 Å². The minimum atomic E-state index is 0.0855. The Labute approximate surface area is 87.1 Å². The molecule has 0 radical (unpaired) electrons. The second-order valence-electron chi connectivity index (χ2n) is 4.07. The summed E-state index contributed by atoms with van der Waals surface area (Å²) in [6, 6.07) is 7.85. The van der Waals surface area contributed by atoms with E-state index in [1.165, 1.54) is 0 Å². The molecule has 0 atom stereocenters. The number of benzene rings is 1. The zero-order valence-electron chi connectivity index (χ0n) is 8.31. The lowest BCUT2D eigenvalue weighted by atomic mass is 10.1. The smallest absolute Gasteiger partial charge is 0.258 e. The van der Waals surface area contributed by atoms with E-state index in [9.17, 15) is 4.79 Å². The Morgan fingerprint density at radius 3 is 2.73 bits per heavy atom. The molecule has 0 aliphatic heterocycles. The molecule has 1 fully saturated rings. The number of anilines is 1. The highest BCUT2D eigenvalue weighted by Gasteiger charge is 2.24. The summed E-state index contributed by atoms with van der Waals surface area (Å²) in [5, 5.41) is 1.59. The first kappa shape index (κ1) is 8.53. The average Bonchev–Trinajstić information content (AvgIpc) is 3.03. The van der Waals surface area contributed by atoms with Gasteiger partial charge in [0.25, 0.3) is 5.56 Å². The summed E-state index contributed by atoms with van der Waals surface area (Å²) in [6.45, 7) is 0. The molecule has 1 aromatic carbocycles. The van der Waals surface area contributed by atoms with Crippen molar-refractivity contribution in [1.29, 1.82) is 0 Å². The molecule has 2 N–H and O–H groups in total. The van der Waals surface area contributed by atoms with Crippen molar-refractivity contribution in [3.05, 3.63) is 40.8 Å². The van der Waals surface area contributed by atoms with Crippen LogP contribution in [0.25, 0.3) is 10.8 Å². The van der Waals surface area contributed by atoms with Crippen LogP contribution in [-0.2, 0) is 0 Å². The van der Waals surface area contributed by atoms with Crippen LogP contribution in [0, 0.1) is 0 Å². The summed E-state index contributed by atoms with van der Waals surface area (Å²) in [6.07, 6.45) is 4.10. The second-order valence-corrected chi connectivity index (χ2v) is 4.07. The minimum Gasteiger partial charge on any atom is -0.398 e. The molecule has 0 amide bonds. The van der Waals surface area contributed by atoms with Gasteiger partial charge < -0.3 is 10.3 Å². The highest BCUT2D eigenvalue weighted by Crippen LogP contribution is 2.33. The van der Waals surface area contributed by atoms with Crippen molar-refractivity contribution in [2.45, 2.75) is 18.9 Å². The Morgan fingerprint density at radius 2 is 2.00 bits per heavy atom. The van der Waals surface area contributed by atoms with Gasteiger partial charge in [-0.1, -0.05) is 6.07 Å².